The molecule has 2 aliphatic carbocycles. The predicted molar refractivity (Wildman–Crippen MR) is 133 cm³/mol. The highest BCUT2D eigenvalue weighted by Crippen LogP contribution is 2.44. The molecule has 7 nitrogen and oxygen atoms in total. The Balaban J connectivity index is 1.22. The fourth-order valence-corrected chi connectivity index (χ4v) is 5.36. The summed E-state index contributed by atoms with van der Waals surface area (Å²) in [4.78, 5) is 36.1. The maximum atomic E-state index is 12.6. The van der Waals surface area contributed by atoms with Gasteiger partial charge in [0.05, 0.1) is 6.42 Å². The van der Waals surface area contributed by atoms with Gasteiger partial charge in [0, 0.05) is 24.4 Å². The average molecular weight is 479 g/mol. The van der Waals surface area contributed by atoms with Gasteiger partial charge in [-0.25, -0.2) is 4.79 Å². The summed E-state index contributed by atoms with van der Waals surface area (Å²) in [6, 6.07) is 16.3. The molecule has 0 radical (unpaired) electrons. The van der Waals surface area contributed by atoms with Gasteiger partial charge in [-0.2, -0.15) is 0 Å². The van der Waals surface area contributed by atoms with E-state index < -0.39 is 12.1 Å². The SMILES string of the molecule is CC(CCNC(=O)OCC1c2ccccc2-c2ccccc21)C(=O)N[C@H]1CCCC[C@H]1CC(=O)O. The van der Waals surface area contributed by atoms with Crippen molar-refractivity contribution in [2.45, 2.75) is 57.4 Å². The maximum absolute atomic E-state index is 12.6. The highest BCUT2D eigenvalue weighted by molar-refractivity contribution is 5.80. The largest absolute Gasteiger partial charge is 0.481 e. The second kappa shape index (κ2) is 11.4. The lowest BCUT2D eigenvalue weighted by Crippen LogP contribution is -2.45. The average Bonchev–Trinajstić information content (AvgIpc) is 3.17. The topological polar surface area (TPSA) is 105 Å². The Kier molecular flexibility index (Phi) is 8.06. The van der Waals surface area contributed by atoms with Gasteiger partial charge in [0.25, 0.3) is 0 Å². The van der Waals surface area contributed by atoms with Crippen LogP contribution in [-0.2, 0) is 14.3 Å². The monoisotopic (exact) mass is 478 g/mol. The van der Waals surface area contributed by atoms with Crippen LogP contribution in [0.25, 0.3) is 11.1 Å². The number of carbonyl (C=O) groups is 3. The standard InChI is InChI=1S/C28H34N2O5/c1-18(27(33)30-25-13-7-2-8-19(25)16-26(31)32)14-15-29-28(34)35-17-24-22-11-5-3-9-20(22)21-10-4-6-12-23(21)24/h3-6,9-12,18-19,24-25H,2,7-8,13-17H2,1H3,(H,29,34)(H,30,33)(H,31,32)/t18?,19-,25-/m0/s1. The van der Waals surface area contributed by atoms with Gasteiger partial charge in [-0.05, 0) is 47.4 Å². The smallest absolute Gasteiger partial charge is 0.407 e. The minimum absolute atomic E-state index is 0.00657. The van der Waals surface area contributed by atoms with E-state index in [0.29, 0.717) is 13.0 Å². The third-order valence-corrected chi connectivity index (χ3v) is 7.31. The minimum atomic E-state index is -0.823. The molecule has 2 aliphatic rings. The molecule has 186 valence electrons. The first-order valence-electron chi connectivity index (χ1n) is 12.5. The van der Waals surface area contributed by atoms with Crippen molar-refractivity contribution in [2.75, 3.05) is 13.2 Å². The Labute approximate surface area is 206 Å². The number of carbonyl (C=O) groups excluding carboxylic acids is 2. The number of hydrogen-bond donors (Lipinski definition) is 3. The first-order chi connectivity index (χ1) is 16.9. The molecule has 35 heavy (non-hydrogen) atoms. The number of alkyl carbamates (subject to hydrolysis) is 1. The van der Waals surface area contributed by atoms with E-state index in [1.54, 1.807) is 0 Å². The molecule has 3 N–H and O–H groups in total. The van der Waals surface area contributed by atoms with Crippen LogP contribution in [0.3, 0.4) is 0 Å². The van der Waals surface area contributed by atoms with Gasteiger partial charge in [0.2, 0.25) is 5.91 Å². The molecule has 0 aromatic heterocycles. The molecule has 3 atom stereocenters. The van der Waals surface area contributed by atoms with Crippen LogP contribution < -0.4 is 10.6 Å². The van der Waals surface area contributed by atoms with E-state index in [1.807, 2.05) is 31.2 Å². The van der Waals surface area contributed by atoms with E-state index in [2.05, 4.69) is 34.9 Å². The summed E-state index contributed by atoms with van der Waals surface area (Å²) in [6.45, 7) is 2.40. The highest BCUT2D eigenvalue weighted by atomic mass is 16.5. The van der Waals surface area contributed by atoms with Gasteiger partial charge >= 0.3 is 12.1 Å². The van der Waals surface area contributed by atoms with E-state index in [9.17, 15) is 14.4 Å². The van der Waals surface area contributed by atoms with Crippen LogP contribution in [0.5, 0.6) is 0 Å². The molecule has 1 saturated carbocycles. The first kappa shape index (κ1) is 24.8. The summed E-state index contributed by atoms with van der Waals surface area (Å²) in [7, 11) is 0. The van der Waals surface area contributed by atoms with Crippen molar-refractivity contribution in [1.29, 1.82) is 0 Å². The first-order valence-corrected chi connectivity index (χ1v) is 12.5. The Morgan fingerprint density at radius 3 is 2.29 bits per heavy atom. The molecule has 0 spiro atoms. The summed E-state index contributed by atoms with van der Waals surface area (Å²) in [5.41, 5.74) is 4.69. The molecule has 1 fully saturated rings. The van der Waals surface area contributed by atoms with Crippen molar-refractivity contribution in [2.24, 2.45) is 11.8 Å². The number of carboxylic acid groups (broad SMARTS) is 1. The third kappa shape index (κ3) is 6.02. The van der Waals surface area contributed by atoms with Gasteiger partial charge in [-0.15, -0.1) is 0 Å². The van der Waals surface area contributed by atoms with Crippen LogP contribution in [-0.4, -0.2) is 42.3 Å². The summed E-state index contributed by atoms with van der Waals surface area (Å²) < 4.78 is 5.55. The highest BCUT2D eigenvalue weighted by Gasteiger charge is 2.30. The molecular formula is C28H34N2O5. The fourth-order valence-electron chi connectivity index (χ4n) is 5.36. The molecule has 0 saturated heterocycles. The summed E-state index contributed by atoms with van der Waals surface area (Å²) in [5, 5.41) is 14.9. The van der Waals surface area contributed by atoms with Crippen LogP contribution >= 0.6 is 0 Å². The third-order valence-electron chi connectivity index (χ3n) is 7.31. The number of ether oxygens (including phenoxy) is 1. The number of carboxylic acids is 1. The lowest BCUT2D eigenvalue weighted by atomic mass is 9.82. The van der Waals surface area contributed by atoms with Crippen molar-refractivity contribution >= 4 is 18.0 Å². The van der Waals surface area contributed by atoms with Crippen molar-refractivity contribution in [3.63, 3.8) is 0 Å². The summed E-state index contributed by atoms with van der Waals surface area (Å²) in [5.74, 6) is -1.22. The van der Waals surface area contributed by atoms with Crippen molar-refractivity contribution in [1.82, 2.24) is 10.6 Å². The van der Waals surface area contributed by atoms with Crippen molar-refractivity contribution in [3.05, 3.63) is 59.7 Å². The quantitative estimate of drug-likeness (QED) is 0.485. The Bertz CT molecular complexity index is 1020. The minimum Gasteiger partial charge on any atom is -0.481 e. The molecule has 2 amide bonds. The van der Waals surface area contributed by atoms with Crippen molar-refractivity contribution in [3.8, 4) is 11.1 Å². The van der Waals surface area contributed by atoms with Gasteiger partial charge in [0.15, 0.2) is 0 Å². The van der Waals surface area contributed by atoms with Gasteiger partial charge in [-0.3, -0.25) is 9.59 Å². The number of fused-ring (bicyclic) bond motifs is 3. The zero-order valence-electron chi connectivity index (χ0n) is 20.2. The molecule has 2 aromatic carbocycles. The van der Waals surface area contributed by atoms with E-state index in [-0.39, 0.29) is 42.7 Å². The zero-order valence-corrected chi connectivity index (χ0v) is 20.2. The Hall–Kier alpha value is -3.35. The molecule has 0 heterocycles. The van der Waals surface area contributed by atoms with Gasteiger partial charge < -0.3 is 20.5 Å². The van der Waals surface area contributed by atoms with Crippen LogP contribution in [0.4, 0.5) is 4.79 Å². The van der Waals surface area contributed by atoms with Crippen molar-refractivity contribution < 1.29 is 24.2 Å². The Morgan fingerprint density at radius 1 is 1.00 bits per heavy atom. The second-order valence-corrected chi connectivity index (χ2v) is 9.70. The molecule has 0 aliphatic heterocycles. The molecule has 7 heteroatoms. The van der Waals surface area contributed by atoms with Crippen LogP contribution in [0.1, 0.15) is 62.5 Å². The number of rotatable bonds is 9. The normalized spacial score (nSPS) is 19.8. The predicted octanol–water partition coefficient (Wildman–Crippen LogP) is 4.70. The number of nitrogens with one attached hydrogen (secondary N) is 2. The zero-order chi connectivity index (χ0) is 24.8. The number of benzene rings is 2. The van der Waals surface area contributed by atoms with E-state index in [4.69, 9.17) is 9.84 Å². The molecule has 2 aromatic rings. The second-order valence-electron chi connectivity index (χ2n) is 9.70. The number of hydrogen-bond acceptors (Lipinski definition) is 4. The Morgan fingerprint density at radius 2 is 1.63 bits per heavy atom. The van der Waals surface area contributed by atoms with Crippen LogP contribution in [0.15, 0.2) is 48.5 Å². The van der Waals surface area contributed by atoms with Crippen LogP contribution in [0, 0.1) is 11.8 Å². The fraction of sp³-hybridized carbons (Fsp3) is 0.464. The van der Waals surface area contributed by atoms with E-state index in [1.165, 1.54) is 11.1 Å². The lowest BCUT2D eigenvalue weighted by molar-refractivity contribution is -0.139. The molecule has 0 bridgehead atoms. The van der Waals surface area contributed by atoms with E-state index >= 15 is 0 Å². The maximum Gasteiger partial charge on any atom is 0.407 e. The summed E-state index contributed by atoms with van der Waals surface area (Å²) >= 11 is 0. The molecule has 4 rings (SSSR count). The van der Waals surface area contributed by atoms with Gasteiger partial charge in [-0.1, -0.05) is 68.3 Å². The molecule has 1 unspecified atom stereocenters. The lowest BCUT2D eigenvalue weighted by Gasteiger charge is -2.32. The summed E-state index contributed by atoms with van der Waals surface area (Å²) in [6.07, 6.45) is 3.72. The molecular weight excluding hydrogens is 444 g/mol. The van der Waals surface area contributed by atoms with E-state index in [0.717, 1.165) is 36.8 Å². The number of aliphatic carboxylic acids is 1. The number of amides is 2. The van der Waals surface area contributed by atoms with Crippen LogP contribution in [0.2, 0.25) is 0 Å². The van der Waals surface area contributed by atoms with Gasteiger partial charge in [0.1, 0.15) is 6.61 Å².